The van der Waals surface area contributed by atoms with Crippen LogP contribution in [-0.2, 0) is 19.7 Å². The van der Waals surface area contributed by atoms with E-state index in [9.17, 15) is 14.7 Å². The summed E-state index contributed by atoms with van der Waals surface area (Å²) in [6, 6.07) is 7.09. The summed E-state index contributed by atoms with van der Waals surface area (Å²) in [7, 11) is 0. The molecule has 1 fully saturated rings. The van der Waals surface area contributed by atoms with E-state index in [1.54, 1.807) is 31.2 Å². The number of carbonyl (C=O) groups is 2. The molecule has 0 radical (unpaired) electrons. The van der Waals surface area contributed by atoms with E-state index in [0.717, 1.165) is 0 Å². The first-order valence-corrected chi connectivity index (χ1v) is 13.1. The van der Waals surface area contributed by atoms with Gasteiger partial charge in [0.25, 0.3) is 0 Å². The van der Waals surface area contributed by atoms with E-state index in [1.807, 2.05) is 0 Å². The molecule has 0 saturated carbocycles. The predicted octanol–water partition coefficient (Wildman–Crippen LogP) is 5.24. The highest BCUT2D eigenvalue weighted by molar-refractivity contribution is 7.26. The lowest BCUT2D eigenvalue weighted by Crippen LogP contribution is -2.41. The number of benzene rings is 1. The number of fused-ring (bicyclic) bond motifs is 1. The van der Waals surface area contributed by atoms with Crippen LogP contribution in [0.1, 0.15) is 47.2 Å². The maximum Gasteiger partial charge on any atom is 0.412 e. The van der Waals surface area contributed by atoms with Crippen LogP contribution in [0.5, 0.6) is 0 Å². The minimum Gasteiger partial charge on any atom is -0.481 e. The number of thiazole rings is 2. The van der Waals surface area contributed by atoms with Crippen LogP contribution in [0.3, 0.4) is 0 Å². The number of halogens is 1. The number of hydrogen-bond acceptors (Lipinski definition) is 10. The monoisotopic (exact) mass is 558 g/mol. The number of anilines is 1. The highest BCUT2D eigenvalue weighted by atomic mass is 35.5. The lowest BCUT2D eigenvalue weighted by Gasteiger charge is -2.30. The van der Waals surface area contributed by atoms with Gasteiger partial charge in [-0.05, 0) is 37.7 Å². The summed E-state index contributed by atoms with van der Waals surface area (Å²) in [5.74, 6) is 4.92. The lowest BCUT2D eigenvalue weighted by atomic mass is 9.81. The molecule has 2 N–H and O–H groups in total. The molecule has 1 unspecified atom stereocenters. The number of rotatable bonds is 5. The molecule has 1 aromatic carbocycles. The molecule has 1 aliphatic rings. The van der Waals surface area contributed by atoms with Gasteiger partial charge >= 0.3 is 12.1 Å². The zero-order chi connectivity index (χ0) is 26.0. The number of amides is 1. The zero-order valence-electron chi connectivity index (χ0n) is 19.3. The Morgan fingerprint density at radius 1 is 1.19 bits per heavy atom. The minimum atomic E-state index is -1.05. The second-order valence-corrected chi connectivity index (χ2v) is 10.5. The smallest absolute Gasteiger partial charge is 0.412 e. The van der Waals surface area contributed by atoms with Crippen LogP contribution in [-0.4, -0.2) is 45.5 Å². The number of nitrogens with zero attached hydrogens (tertiary/aromatic N) is 3. The van der Waals surface area contributed by atoms with Crippen LogP contribution in [0.15, 0.2) is 35.0 Å². The Hall–Kier alpha value is -3.50. The van der Waals surface area contributed by atoms with Gasteiger partial charge in [0.05, 0.1) is 6.20 Å². The number of aromatic nitrogens is 3. The molecule has 4 heterocycles. The van der Waals surface area contributed by atoms with Crippen molar-refractivity contribution >= 4 is 61.7 Å². The number of carboxylic acids is 1. The summed E-state index contributed by atoms with van der Waals surface area (Å²) in [5.41, 5.74) is -0.130. The SMILES string of the molecule is CC(OC(=O)Nc1cnoc1C#Cc1nc2sc(C3(C(=O)O)CCOCC3)nc2s1)c1ccccc1Cl. The molecule has 4 aromatic rings. The quantitative estimate of drug-likeness (QED) is 0.315. The van der Waals surface area contributed by atoms with Crippen molar-refractivity contribution in [2.45, 2.75) is 31.3 Å². The fraction of sp³-hybridized carbons (Fsp3) is 0.292. The second kappa shape index (κ2) is 10.5. The van der Waals surface area contributed by atoms with Crippen molar-refractivity contribution < 1.29 is 28.7 Å². The van der Waals surface area contributed by atoms with Gasteiger partial charge in [-0.25, -0.2) is 14.8 Å². The second-order valence-electron chi connectivity index (χ2n) is 8.16. The molecule has 1 atom stereocenters. The molecule has 190 valence electrons. The predicted molar refractivity (Wildman–Crippen MR) is 137 cm³/mol. The van der Waals surface area contributed by atoms with Crippen LogP contribution in [0.4, 0.5) is 10.5 Å². The van der Waals surface area contributed by atoms with E-state index in [0.29, 0.717) is 56.3 Å². The van der Waals surface area contributed by atoms with E-state index in [4.69, 9.17) is 25.6 Å². The molecule has 37 heavy (non-hydrogen) atoms. The summed E-state index contributed by atoms with van der Waals surface area (Å²) in [6.45, 7) is 2.47. The Labute approximate surface area is 223 Å². The van der Waals surface area contributed by atoms with Crippen molar-refractivity contribution in [3.05, 3.63) is 56.8 Å². The molecule has 0 bridgehead atoms. The van der Waals surface area contributed by atoms with Crippen LogP contribution in [0.2, 0.25) is 5.02 Å². The Morgan fingerprint density at radius 3 is 2.68 bits per heavy atom. The van der Waals surface area contributed by atoms with Crippen LogP contribution in [0.25, 0.3) is 9.66 Å². The molecule has 13 heteroatoms. The normalized spacial score (nSPS) is 15.5. The summed E-state index contributed by atoms with van der Waals surface area (Å²) >= 11 is 8.67. The van der Waals surface area contributed by atoms with Gasteiger partial charge < -0.3 is 19.1 Å². The first-order valence-electron chi connectivity index (χ1n) is 11.1. The Bertz CT molecular complexity index is 1500. The molecule has 1 aliphatic heterocycles. The van der Waals surface area contributed by atoms with Crippen molar-refractivity contribution in [3.8, 4) is 11.8 Å². The average Bonchev–Trinajstić information content (AvgIpc) is 3.58. The van der Waals surface area contributed by atoms with Crippen molar-refractivity contribution in [2.24, 2.45) is 0 Å². The molecular weight excluding hydrogens is 540 g/mol. The maximum absolute atomic E-state index is 12.4. The molecular formula is C24H19ClN4O6S2. The number of nitrogens with one attached hydrogen (secondary N) is 1. The maximum atomic E-state index is 12.4. The van der Waals surface area contributed by atoms with Gasteiger partial charge in [0.1, 0.15) is 22.2 Å². The number of carbonyl (C=O) groups excluding carboxylic acids is 1. The highest BCUT2D eigenvalue weighted by Gasteiger charge is 2.45. The topological polar surface area (TPSA) is 137 Å². The molecule has 1 saturated heterocycles. The first-order chi connectivity index (χ1) is 17.9. The van der Waals surface area contributed by atoms with Crippen molar-refractivity contribution in [1.82, 2.24) is 15.1 Å². The standard InChI is InChI=1S/C24H19ClN4O6S2/c1-13(14-4-2-3-5-15(14)25)34-23(32)27-16-12-26-35-17(16)6-7-18-28-19-20(36-18)29-21(37-19)24(22(30)31)8-10-33-11-9-24/h2-5,12-13H,8-11H2,1H3,(H,27,32)(H,30,31). The van der Waals surface area contributed by atoms with Gasteiger partial charge in [0.2, 0.25) is 5.76 Å². The summed E-state index contributed by atoms with van der Waals surface area (Å²) in [4.78, 5) is 34.7. The van der Waals surface area contributed by atoms with Crippen LogP contribution >= 0.6 is 34.3 Å². The lowest BCUT2D eigenvalue weighted by molar-refractivity contribution is -0.147. The third-order valence-electron chi connectivity index (χ3n) is 5.86. The fourth-order valence-corrected chi connectivity index (χ4v) is 6.26. The molecule has 10 nitrogen and oxygen atoms in total. The third kappa shape index (κ3) is 5.17. The van der Waals surface area contributed by atoms with Gasteiger partial charge in [0.15, 0.2) is 14.7 Å². The molecule has 5 rings (SSSR count). The molecule has 3 aromatic heterocycles. The number of aliphatic carboxylic acids is 1. The number of hydrogen-bond donors (Lipinski definition) is 2. The van der Waals surface area contributed by atoms with Crippen LogP contribution in [0, 0.1) is 11.8 Å². The number of carboxylic acid groups (broad SMARTS) is 1. The fourth-order valence-electron chi connectivity index (χ4n) is 3.84. The van der Waals surface area contributed by atoms with Gasteiger partial charge in [0, 0.05) is 23.8 Å². The van der Waals surface area contributed by atoms with Gasteiger partial charge in [-0.1, -0.05) is 57.6 Å². The van der Waals surface area contributed by atoms with Gasteiger partial charge in [-0.15, -0.1) is 0 Å². The van der Waals surface area contributed by atoms with Crippen molar-refractivity contribution in [2.75, 3.05) is 18.5 Å². The summed E-state index contributed by atoms with van der Waals surface area (Å²) in [5, 5.41) is 17.6. The van der Waals surface area contributed by atoms with E-state index in [2.05, 4.69) is 32.3 Å². The highest BCUT2D eigenvalue weighted by Crippen LogP contribution is 2.40. The summed E-state index contributed by atoms with van der Waals surface area (Å²) in [6.07, 6.45) is 0.766. The van der Waals surface area contributed by atoms with E-state index < -0.39 is 23.6 Å². The minimum absolute atomic E-state index is 0.126. The molecule has 0 aliphatic carbocycles. The van der Waals surface area contributed by atoms with E-state index in [-0.39, 0.29) is 11.4 Å². The molecule has 1 amide bonds. The van der Waals surface area contributed by atoms with E-state index >= 15 is 0 Å². The van der Waals surface area contributed by atoms with Crippen molar-refractivity contribution in [3.63, 3.8) is 0 Å². The largest absolute Gasteiger partial charge is 0.481 e. The third-order valence-corrected chi connectivity index (χ3v) is 8.35. The Kier molecular flexibility index (Phi) is 7.12. The van der Waals surface area contributed by atoms with Crippen molar-refractivity contribution in [1.29, 1.82) is 0 Å². The summed E-state index contributed by atoms with van der Waals surface area (Å²) < 4.78 is 15.9. The molecule has 0 spiro atoms. The Balaban J connectivity index is 1.28. The average molecular weight is 559 g/mol. The van der Waals surface area contributed by atoms with E-state index in [1.165, 1.54) is 28.9 Å². The first kappa shape index (κ1) is 25.2. The van der Waals surface area contributed by atoms with Gasteiger partial charge in [-0.2, -0.15) is 0 Å². The van der Waals surface area contributed by atoms with Gasteiger partial charge in [-0.3, -0.25) is 10.1 Å². The zero-order valence-corrected chi connectivity index (χ0v) is 21.7. The number of ether oxygens (including phenoxy) is 2. The Morgan fingerprint density at radius 2 is 1.95 bits per heavy atom. The van der Waals surface area contributed by atoms with Crippen LogP contribution < -0.4 is 5.32 Å².